The van der Waals surface area contributed by atoms with Crippen LogP contribution in [0.25, 0.3) is 22.3 Å². The Kier molecular flexibility index (Phi) is 7.03. The van der Waals surface area contributed by atoms with Crippen LogP contribution in [0.2, 0.25) is 0 Å². The molecule has 0 radical (unpaired) electrons. The van der Waals surface area contributed by atoms with Crippen molar-refractivity contribution in [2.45, 2.75) is 64.6 Å². The van der Waals surface area contributed by atoms with Crippen LogP contribution in [0.1, 0.15) is 70.7 Å². The Morgan fingerprint density at radius 1 is 1.24 bits per heavy atom. The van der Waals surface area contributed by atoms with Crippen molar-refractivity contribution in [3.8, 4) is 11.4 Å². The van der Waals surface area contributed by atoms with Crippen molar-refractivity contribution >= 4 is 23.1 Å². The lowest BCUT2D eigenvalue weighted by Crippen LogP contribution is -2.33. The van der Waals surface area contributed by atoms with Gasteiger partial charge in [-0.3, -0.25) is 9.59 Å². The third-order valence-electron chi connectivity index (χ3n) is 8.60. The lowest BCUT2D eigenvalue weighted by atomic mass is 9.81. The Balaban J connectivity index is 1.54. The second-order valence-electron chi connectivity index (χ2n) is 11.0. The van der Waals surface area contributed by atoms with Crippen LogP contribution in [-0.4, -0.2) is 28.9 Å². The molecule has 0 bridgehead atoms. The minimum atomic E-state index is -0.460. The highest BCUT2D eigenvalue weighted by Gasteiger charge is 2.35. The molecule has 0 fully saturated rings. The van der Waals surface area contributed by atoms with Gasteiger partial charge in [0.1, 0.15) is 12.1 Å². The van der Waals surface area contributed by atoms with Crippen molar-refractivity contribution in [3.63, 3.8) is 0 Å². The molecule has 1 aliphatic carbocycles. The van der Waals surface area contributed by atoms with Crippen molar-refractivity contribution in [2.75, 3.05) is 7.11 Å². The summed E-state index contributed by atoms with van der Waals surface area (Å²) in [5.74, 6) is -0.884. The summed E-state index contributed by atoms with van der Waals surface area (Å²) in [5, 5.41) is 4.10. The number of ether oxygens (including phenoxy) is 1. The molecule has 2 unspecified atom stereocenters. The van der Waals surface area contributed by atoms with Crippen LogP contribution in [0.15, 0.2) is 47.3 Å². The van der Waals surface area contributed by atoms with Gasteiger partial charge in [0.2, 0.25) is 5.91 Å². The number of rotatable bonds is 8. The average Bonchev–Trinajstić information content (AvgIpc) is 3.33. The van der Waals surface area contributed by atoms with E-state index < -0.39 is 5.92 Å². The van der Waals surface area contributed by atoms with Crippen LogP contribution >= 0.6 is 0 Å². The van der Waals surface area contributed by atoms with E-state index in [-0.39, 0.29) is 42.9 Å². The number of benzene rings is 2. The number of amides is 1. The van der Waals surface area contributed by atoms with Gasteiger partial charge in [-0.25, -0.2) is 9.37 Å². The number of nitrogens with zero attached hydrogens (tertiary/aromatic N) is 2. The number of hydrogen-bond donors (Lipinski definition) is 1. The highest BCUT2D eigenvalue weighted by atomic mass is 19.1. The van der Waals surface area contributed by atoms with Gasteiger partial charge < -0.3 is 19.4 Å². The molecule has 6 rings (SSSR count). The maximum absolute atomic E-state index is 15.1. The lowest BCUT2D eigenvalue weighted by molar-refractivity contribution is -0.121. The van der Waals surface area contributed by atoms with Gasteiger partial charge in [-0.1, -0.05) is 37.3 Å². The summed E-state index contributed by atoms with van der Waals surface area (Å²) in [7, 11) is 1.53. The summed E-state index contributed by atoms with van der Waals surface area (Å²) in [5.41, 5.74) is 6.71. The molecule has 41 heavy (non-hydrogen) atoms. The van der Waals surface area contributed by atoms with Crippen LogP contribution < -0.4 is 10.9 Å². The Hall–Kier alpha value is -4.17. The minimum Gasteiger partial charge on any atom is -0.380 e. The number of hydrogen-bond acceptors (Lipinski definition) is 5. The highest BCUT2D eigenvalue weighted by molar-refractivity contribution is 5.93. The third kappa shape index (κ3) is 4.47. The zero-order chi connectivity index (χ0) is 28.8. The summed E-state index contributed by atoms with van der Waals surface area (Å²) < 4.78 is 22.1. The van der Waals surface area contributed by atoms with E-state index in [0.717, 1.165) is 33.9 Å². The van der Waals surface area contributed by atoms with Crippen LogP contribution in [0.3, 0.4) is 0 Å². The van der Waals surface area contributed by atoms with E-state index in [9.17, 15) is 14.4 Å². The Bertz CT molecular complexity index is 1760. The van der Waals surface area contributed by atoms with E-state index in [2.05, 4.69) is 5.32 Å². The number of halogens is 1. The summed E-state index contributed by atoms with van der Waals surface area (Å²) >= 11 is 0. The number of fused-ring (bicyclic) bond motifs is 4. The first-order valence-electron chi connectivity index (χ1n) is 14.0. The smallest absolute Gasteiger partial charge is 0.257 e. The standard InChI is InChI=1S/C33H32FN3O4/c1-4-20(16-38)22-13-28-32-23(15-37(28)33(40)24(22)17-41-3)31-26(35-29(39)12-19-8-6-5-7-9-19)11-10-21-18(2)25(34)14-27(36-32)30(21)31/h5-9,13-14,16,20,26H,4,10-12,15,17H2,1-3H3,(H,35,39). The first-order chi connectivity index (χ1) is 19.9. The quantitative estimate of drug-likeness (QED) is 0.272. The van der Waals surface area contributed by atoms with Crippen LogP contribution in [-0.2, 0) is 40.3 Å². The molecule has 3 heterocycles. The number of carbonyl (C=O) groups excluding carboxylic acids is 2. The largest absolute Gasteiger partial charge is 0.380 e. The molecule has 1 aliphatic heterocycles. The summed E-state index contributed by atoms with van der Waals surface area (Å²) in [6.07, 6.45) is 2.86. The number of aldehydes is 1. The van der Waals surface area contributed by atoms with E-state index in [1.807, 2.05) is 43.3 Å². The molecule has 1 N–H and O–H groups in total. The Labute approximate surface area is 237 Å². The summed E-state index contributed by atoms with van der Waals surface area (Å²) in [6, 6.07) is 12.6. The van der Waals surface area contributed by atoms with Crippen LogP contribution in [0.5, 0.6) is 0 Å². The fourth-order valence-corrected chi connectivity index (χ4v) is 6.54. The number of pyridine rings is 2. The van der Waals surface area contributed by atoms with Crippen molar-refractivity contribution in [3.05, 3.63) is 97.6 Å². The molecule has 8 heteroatoms. The number of nitrogens with one attached hydrogen (secondary N) is 1. The van der Waals surface area contributed by atoms with Crippen LogP contribution in [0, 0.1) is 12.7 Å². The highest BCUT2D eigenvalue weighted by Crippen LogP contribution is 2.45. The molecule has 0 spiro atoms. The normalized spacial score (nSPS) is 15.9. The van der Waals surface area contributed by atoms with Crippen molar-refractivity contribution < 1.29 is 18.7 Å². The maximum atomic E-state index is 15.1. The van der Waals surface area contributed by atoms with Gasteiger partial charge in [0.05, 0.1) is 42.5 Å². The summed E-state index contributed by atoms with van der Waals surface area (Å²) in [6.45, 7) is 4.05. The van der Waals surface area contributed by atoms with Gasteiger partial charge in [-0.05, 0) is 60.1 Å². The van der Waals surface area contributed by atoms with Crippen molar-refractivity contribution in [1.29, 1.82) is 0 Å². The van der Waals surface area contributed by atoms with Gasteiger partial charge in [0.15, 0.2) is 0 Å². The monoisotopic (exact) mass is 553 g/mol. The van der Waals surface area contributed by atoms with Crippen molar-refractivity contribution in [2.24, 2.45) is 0 Å². The van der Waals surface area contributed by atoms with E-state index in [1.54, 1.807) is 11.5 Å². The second-order valence-corrected chi connectivity index (χ2v) is 11.0. The molecule has 2 atom stereocenters. The molecule has 0 saturated carbocycles. The molecule has 2 aromatic heterocycles. The SMILES string of the molecule is CCC(C=O)c1cc2n(c(=O)c1COC)Cc1c-2nc2cc(F)c(C)c3c2c1C(NC(=O)Cc1ccccc1)CC3. The first-order valence-corrected chi connectivity index (χ1v) is 14.0. The molecule has 1 amide bonds. The molecule has 210 valence electrons. The lowest BCUT2D eigenvalue weighted by Gasteiger charge is -2.30. The third-order valence-corrected chi connectivity index (χ3v) is 8.60. The average molecular weight is 554 g/mol. The first kappa shape index (κ1) is 27.0. The van der Waals surface area contributed by atoms with E-state index >= 15 is 4.39 Å². The molecule has 2 aromatic carbocycles. The van der Waals surface area contributed by atoms with Gasteiger partial charge in [0, 0.05) is 35.6 Å². The Morgan fingerprint density at radius 2 is 2.02 bits per heavy atom. The molecule has 0 saturated heterocycles. The van der Waals surface area contributed by atoms with Gasteiger partial charge >= 0.3 is 0 Å². The molecule has 7 nitrogen and oxygen atoms in total. The zero-order valence-corrected chi connectivity index (χ0v) is 23.4. The van der Waals surface area contributed by atoms with E-state index in [1.165, 1.54) is 13.2 Å². The minimum absolute atomic E-state index is 0.0874. The fraction of sp³-hybridized carbons (Fsp3) is 0.333. The maximum Gasteiger partial charge on any atom is 0.257 e. The number of aromatic nitrogens is 2. The fourth-order valence-electron chi connectivity index (χ4n) is 6.54. The molecule has 4 aromatic rings. The number of methoxy groups -OCH3 is 1. The van der Waals surface area contributed by atoms with Gasteiger partial charge in [-0.2, -0.15) is 0 Å². The second kappa shape index (κ2) is 10.7. The van der Waals surface area contributed by atoms with Gasteiger partial charge in [-0.15, -0.1) is 0 Å². The van der Waals surface area contributed by atoms with Crippen LogP contribution in [0.4, 0.5) is 4.39 Å². The predicted molar refractivity (Wildman–Crippen MR) is 154 cm³/mol. The zero-order valence-electron chi connectivity index (χ0n) is 23.4. The van der Waals surface area contributed by atoms with Crippen molar-refractivity contribution in [1.82, 2.24) is 14.9 Å². The topological polar surface area (TPSA) is 90.3 Å². The molecular formula is C33H32FN3O4. The molecule has 2 aliphatic rings. The van der Waals surface area contributed by atoms with E-state index in [4.69, 9.17) is 9.72 Å². The summed E-state index contributed by atoms with van der Waals surface area (Å²) in [4.78, 5) is 43.9. The van der Waals surface area contributed by atoms with Gasteiger partial charge in [0.25, 0.3) is 5.56 Å². The predicted octanol–water partition coefficient (Wildman–Crippen LogP) is 5.06. The molecular weight excluding hydrogens is 521 g/mol. The van der Waals surface area contributed by atoms with E-state index in [0.29, 0.717) is 52.9 Å². The number of aryl methyl sites for hydroxylation is 1. The Morgan fingerprint density at radius 3 is 2.73 bits per heavy atom. The number of carbonyl (C=O) groups is 2.